The summed E-state index contributed by atoms with van der Waals surface area (Å²) >= 11 is 1.08. The number of anilines is 2. The lowest BCUT2D eigenvalue weighted by Crippen LogP contribution is -2.47. The molecule has 3 heterocycles. The van der Waals surface area contributed by atoms with Crippen molar-refractivity contribution in [1.29, 1.82) is 5.26 Å². The van der Waals surface area contributed by atoms with Gasteiger partial charge in [-0.3, -0.25) is 15.0 Å². The lowest BCUT2D eigenvalue weighted by Gasteiger charge is -1.98. The van der Waals surface area contributed by atoms with E-state index >= 15 is 0 Å². The van der Waals surface area contributed by atoms with Gasteiger partial charge in [0.05, 0.1) is 11.3 Å². The highest BCUT2D eigenvalue weighted by Crippen LogP contribution is 2.27. The number of nitriles is 1. The molecule has 30 heavy (non-hydrogen) atoms. The molecule has 0 saturated heterocycles. The molecule has 3 aromatic heterocycles. The van der Waals surface area contributed by atoms with Crippen LogP contribution >= 0.6 is 11.5 Å². The second-order valence-corrected chi connectivity index (χ2v) is 6.74. The third-order valence-corrected chi connectivity index (χ3v) is 4.66. The summed E-state index contributed by atoms with van der Waals surface area (Å²) < 4.78 is 9.05. The zero-order valence-corrected chi connectivity index (χ0v) is 16.3. The summed E-state index contributed by atoms with van der Waals surface area (Å²) in [4.78, 5) is 32.8. The topological polar surface area (TPSA) is 171 Å². The number of fused-ring (bicyclic) bond motifs is 1. The molecule has 0 spiro atoms. The number of hydrogen-bond donors (Lipinski definition) is 2. The fourth-order valence-electron chi connectivity index (χ4n) is 2.45. The molecule has 0 unspecified atom stereocenters. The highest BCUT2D eigenvalue weighted by atomic mass is 32.1. The minimum atomic E-state index is -0.691. The van der Waals surface area contributed by atoms with Gasteiger partial charge in [-0.2, -0.15) is 24.8 Å². The normalized spacial score (nSPS) is 12.3. The van der Waals surface area contributed by atoms with E-state index in [1.54, 1.807) is 19.9 Å². The van der Waals surface area contributed by atoms with Gasteiger partial charge >= 0.3 is 6.01 Å². The monoisotopic (exact) mass is 421 g/mol. The fraction of sp³-hybridized carbons (Fsp3) is 0.118. The first-order chi connectivity index (χ1) is 14.5. The number of benzene rings is 1. The number of hydrogen-bond acceptors (Lipinski definition) is 13. The number of nitrogens with one attached hydrogen (secondary N) is 2. The van der Waals surface area contributed by atoms with Crippen LogP contribution in [0.1, 0.15) is 17.1 Å². The average molecular weight is 421 g/mol. The predicted octanol–water partition coefficient (Wildman–Crippen LogP) is 0.0144. The number of aromatic nitrogens is 4. The Balaban J connectivity index is 1.71. The van der Waals surface area contributed by atoms with Crippen LogP contribution in [-0.4, -0.2) is 19.5 Å². The van der Waals surface area contributed by atoms with Gasteiger partial charge in [-0.25, -0.2) is 10.4 Å². The van der Waals surface area contributed by atoms with E-state index < -0.39 is 10.9 Å². The Labute approximate surface area is 170 Å². The van der Waals surface area contributed by atoms with Crippen molar-refractivity contribution in [3.63, 3.8) is 0 Å². The van der Waals surface area contributed by atoms with Gasteiger partial charge in [0.1, 0.15) is 22.5 Å². The van der Waals surface area contributed by atoms with Crippen LogP contribution in [0.15, 0.2) is 42.5 Å². The Morgan fingerprint density at radius 2 is 2.00 bits per heavy atom. The maximum Gasteiger partial charge on any atom is 0.341 e. The molecule has 0 aliphatic carbocycles. The van der Waals surface area contributed by atoms with Crippen LogP contribution in [0.2, 0.25) is 0 Å². The van der Waals surface area contributed by atoms with E-state index in [2.05, 4.69) is 46.6 Å². The molecule has 0 radical (unpaired) electrons. The summed E-state index contributed by atoms with van der Waals surface area (Å²) in [6.45, 7) is 3.32. The molecule has 0 aliphatic heterocycles. The lowest BCUT2D eigenvalue weighted by atomic mass is 10.2. The predicted molar refractivity (Wildman–Crippen MR) is 106 cm³/mol. The van der Waals surface area contributed by atoms with Crippen molar-refractivity contribution < 1.29 is 4.52 Å². The van der Waals surface area contributed by atoms with Crippen molar-refractivity contribution in [2.75, 3.05) is 10.9 Å². The van der Waals surface area contributed by atoms with Crippen LogP contribution in [0, 0.1) is 25.2 Å². The molecule has 0 saturated carbocycles. The second-order valence-electron chi connectivity index (χ2n) is 5.97. The Kier molecular flexibility index (Phi) is 4.82. The summed E-state index contributed by atoms with van der Waals surface area (Å²) in [6.07, 6.45) is 0. The van der Waals surface area contributed by atoms with Crippen molar-refractivity contribution in [3.05, 3.63) is 66.4 Å². The summed E-state index contributed by atoms with van der Waals surface area (Å²) in [5.74, 6) is 0.368. The summed E-state index contributed by atoms with van der Waals surface area (Å²) in [6, 6.07) is 6.09. The molecule has 1 aromatic carbocycles. The van der Waals surface area contributed by atoms with Gasteiger partial charge < -0.3 is 4.52 Å². The van der Waals surface area contributed by atoms with Crippen molar-refractivity contribution in [2.24, 2.45) is 10.2 Å². The van der Waals surface area contributed by atoms with Crippen LogP contribution in [0.4, 0.5) is 11.0 Å². The fourth-order valence-corrected chi connectivity index (χ4v) is 3.10. The number of pyridine rings is 1. The van der Waals surface area contributed by atoms with Gasteiger partial charge in [-0.05, 0) is 43.6 Å². The van der Waals surface area contributed by atoms with E-state index in [1.807, 2.05) is 0 Å². The molecule has 4 aromatic rings. The van der Waals surface area contributed by atoms with Crippen LogP contribution < -0.4 is 32.4 Å². The molecular weight excluding hydrogens is 410 g/mol. The highest BCUT2D eigenvalue weighted by Gasteiger charge is 2.11. The Bertz CT molecular complexity index is 1540. The first kappa shape index (κ1) is 19.0. The maximum atomic E-state index is 12.6. The van der Waals surface area contributed by atoms with Gasteiger partial charge in [0.25, 0.3) is 0 Å². The molecule has 2 N–H and O–H groups in total. The smallest absolute Gasteiger partial charge is 0.314 e. The lowest BCUT2D eigenvalue weighted by molar-refractivity contribution is 0.425. The summed E-state index contributed by atoms with van der Waals surface area (Å²) in [5.41, 5.74) is 5.88. The SMILES string of the molecule is Cc1noc(NN=c2c(=O)ccc(=NNc3snc4cc(C#N)c(C)nc34)c2=O)n1. The molecular formula is C17H11N9O3S. The van der Waals surface area contributed by atoms with Crippen LogP contribution in [0.3, 0.4) is 0 Å². The molecule has 13 heteroatoms. The third kappa shape index (κ3) is 3.54. The largest absolute Gasteiger partial charge is 0.341 e. The average Bonchev–Trinajstić information content (AvgIpc) is 3.32. The molecule has 0 bridgehead atoms. The van der Waals surface area contributed by atoms with Gasteiger partial charge in [-0.1, -0.05) is 5.16 Å². The van der Waals surface area contributed by atoms with Gasteiger partial charge in [0.15, 0.2) is 16.2 Å². The van der Waals surface area contributed by atoms with E-state index in [9.17, 15) is 9.59 Å². The van der Waals surface area contributed by atoms with E-state index in [1.165, 1.54) is 12.1 Å². The minimum absolute atomic E-state index is 0.0382. The molecule has 0 aliphatic rings. The van der Waals surface area contributed by atoms with Crippen molar-refractivity contribution in [2.45, 2.75) is 13.8 Å². The van der Waals surface area contributed by atoms with Crippen molar-refractivity contribution >= 4 is 33.6 Å². The van der Waals surface area contributed by atoms with E-state index in [-0.39, 0.29) is 16.7 Å². The Hall–Kier alpha value is -4.31. The minimum Gasteiger partial charge on any atom is -0.314 e. The molecule has 12 nitrogen and oxygen atoms in total. The molecule has 148 valence electrons. The summed E-state index contributed by atoms with van der Waals surface area (Å²) in [5, 5.41) is 20.6. The van der Waals surface area contributed by atoms with E-state index in [4.69, 9.17) is 9.78 Å². The number of rotatable bonds is 4. The Morgan fingerprint density at radius 3 is 2.73 bits per heavy atom. The zero-order chi connectivity index (χ0) is 21.3. The van der Waals surface area contributed by atoms with Gasteiger partial charge in [-0.15, -0.1) is 0 Å². The van der Waals surface area contributed by atoms with Crippen LogP contribution in [0.25, 0.3) is 11.0 Å². The second kappa shape index (κ2) is 7.60. The first-order valence-electron chi connectivity index (χ1n) is 8.38. The van der Waals surface area contributed by atoms with Crippen LogP contribution in [-0.2, 0) is 0 Å². The molecule has 0 atom stereocenters. The molecule has 0 amide bonds. The highest BCUT2D eigenvalue weighted by molar-refractivity contribution is 7.11. The molecule has 0 fully saturated rings. The zero-order valence-electron chi connectivity index (χ0n) is 15.5. The summed E-state index contributed by atoms with van der Waals surface area (Å²) in [7, 11) is 0. The van der Waals surface area contributed by atoms with Gasteiger partial charge in [0.2, 0.25) is 10.9 Å². The van der Waals surface area contributed by atoms with Crippen molar-refractivity contribution in [1.82, 2.24) is 19.5 Å². The van der Waals surface area contributed by atoms with E-state index in [0.29, 0.717) is 33.1 Å². The van der Waals surface area contributed by atoms with Crippen LogP contribution in [0.5, 0.6) is 0 Å². The molecule has 4 rings (SSSR count). The van der Waals surface area contributed by atoms with Gasteiger partial charge in [0, 0.05) is 0 Å². The van der Waals surface area contributed by atoms with E-state index in [0.717, 1.165) is 11.5 Å². The number of nitrogens with zero attached hydrogens (tertiary/aromatic N) is 7. The number of aryl methyl sites for hydroxylation is 2. The standard InChI is InChI=1S/C17H11N9O3S/c1-7-9(6-18)5-11-13(19-7)16(30-26-11)23-21-10-3-4-12(27)14(15(10)28)22-24-17-20-8(2)25-29-17/h3-5,23H,1-2H3,(H,20,24,25). The first-order valence-corrected chi connectivity index (χ1v) is 9.15. The Morgan fingerprint density at radius 1 is 1.17 bits per heavy atom. The quantitative estimate of drug-likeness (QED) is 0.428. The van der Waals surface area contributed by atoms with Crippen molar-refractivity contribution in [3.8, 4) is 6.07 Å². The third-order valence-electron chi connectivity index (χ3n) is 3.91. The maximum absolute atomic E-state index is 12.6.